The second kappa shape index (κ2) is 7.83. The molecule has 5 nitrogen and oxygen atoms in total. The first-order chi connectivity index (χ1) is 15.5. The Morgan fingerprint density at radius 2 is 1.56 bits per heavy atom. The van der Waals surface area contributed by atoms with Gasteiger partial charge in [0.15, 0.2) is 0 Å². The quantitative estimate of drug-likeness (QED) is 0.306. The fraction of sp³-hybridized carbons (Fsp3) is 0. The van der Waals surface area contributed by atoms with Crippen molar-refractivity contribution in [1.82, 2.24) is 0 Å². The maximum atomic E-state index is 13.3. The zero-order chi connectivity index (χ0) is 22.2. The lowest BCUT2D eigenvalue weighted by Crippen LogP contribution is -2.00. The van der Waals surface area contributed by atoms with Gasteiger partial charge in [0.2, 0.25) is 11.5 Å². The number of phenols is 1. The third-order valence-electron chi connectivity index (χ3n) is 5.26. The lowest BCUT2D eigenvalue weighted by Gasteiger charge is -2.07. The van der Waals surface area contributed by atoms with Gasteiger partial charge in [-0.2, -0.15) is 0 Å². The summed E-state index contributed by atoms with van der Waals surface area (Å²) < 4.78 is 5.90. The van der Waals surface area contributed by atoms with E-state index in [9.17, 15) is 19.8 Å². The summed E-state index contributed by atoms with van der Waals surface area (Å²) in [6.45, 7) is 0. The van der Waals surface area contributed by atoms with Gasteiger partial charge in [-0.05, 0) is 35.4 Å². The number of aromatic hydroxyl groups is 1. The van der Waals surface area contributed by atoms with Crippen molar-refractivity contribution in [2.24, 2.45) is 0 Å². The van der Waals surface area contributed by atoms with Gasteiger partial charge in [0.25, 0.3) is 0 Å². The van der Waals surface area contributed by atoms with Crippen LogP contribution in [0.2, 0.25) is 0 Å². The third kappa shape index (κ3) is 3.36. The Morgan fingerprint density at radius 3 is 2.28 bits per heavy atom. The van der Waals surface area contributed by atoms with Gasteiger partial charge < -0.3 is 14.6 Å². The van der Waals surface area contributed by atoms with Gasteiger partial charge in [0.1, 0.15) is 5.75 Å². The van der Waals surface area contributed by atoms with E-state index in [4.69, 9.17) is 4.42 Å². The molecule has 5 aromatic rings. The number of carboxylic acid groups (broad SMARTS) is 1. The van der Waals surface area contributed by atoms with Gasteiger partial charge in [-0.3, -0.25) is 4.79 Å². The highest BCUT2D eigenvalue weighted by Gasteiger charge is 2.22. The molecule has 0 radical (unpaired) electrons. The molecule has 2 aromatic heterocycles. The molecule has 32 heavy (non-hydrogen) atoms. The van der Waals surface area contributed by atoms with Gasteiger partial charge in [-0.25, -0.2) is 4.79 Å². The summed E-state index contributed by atoms with van der Waals surface area (Å²) in [5.74, 6) is -1.20. The fourth-order valence-electron chi connectivity index (χ4n) is 3.77. The van der Waals surface area contributed by atoms with Crippen molar-refractivity contribution in [3.05, 3.63) is 101 Å². The van der Waals surface area contributed by atoms with E-state index in [0.29, 0.717) is 21.6 Å². The van der Waals surface area contributed by atoms with Crippen LogP contribution >= 0.6 is 11.3 Å². The average molecular weight is 440 g/mol. The molecule has 2 N–H and O–H groups in total. The summed E-state index contributed by atoms with van der Waals surface area (Å²) in [5.41, 5.74) is 3.39. The molecule has 5 rings (SSSR count). The van der Waals surface area contributed by atoms with E-state index in [1.807, 2.05) is 48.5 Å². The zero-order valence-corrected chi connectivity index (χ0v) is 17.4. The van der Waals surface area contributed by atoms with E-state index >= 15 is 0 Å². The number of aromatic carboxylic acids is 1. The minimum atomic E-state index is -1.13. The van der Waals surface area contributed by atoms with Crippen molar-refractivity contribution >= 4 is 33.2 Å². The summed E-state index contributed by atoms with van der Waals surface area (Å²) in [7, 11) is 0. The first kappa shape index (κ1) is 19.8. The number of hydrogen-bond donors (Lipinski definition) is 2. The Balaban J connectivity index is 1.65. The molecule has 0 amide bonds. The molecule has 0 aliphatic rings. The number of thiophene rings is 1. The normalized spacial score (nSPS) is 11.0. The summed E-state index contributed by atoms with van der Waals surface area (Å²) in [4.78, 5) is 25.3. The Labute approximate surface area is 186 Å². The topological polar surface area (TPSA) is 87.7 Å². The van der Waals surface area contributed by atoms with E-state index in [1.54, 1.807) is 30.3 Å². The van der Waals surface area contributed by atoms with Crippen molar-refractivity contribution in [3.63, 3.8) is 0 Å². The molecule has 3 aromatic carbocycles. The predicted octanol–water partition coefficient (Wildman–Crippen LogP) is 6.46. The van der Waals surface area contributed by atoms with Crippen LogP contribution in [0.15, 0.2) is 89.5 Å². The number of furan rings is 1. The number of benzene rings is 3. The average Bonchev–Trinajstić information content (AvgIpc) is 3.44. The zero-order valence-electron chi connectivity index (χ0n) is 16.6. The van der Waals surface area contributed by atoms with E-state index < -0.39 is 5.97 Å². The van der Waals surface area contributed by atoms with Gasteiger partial charge in [-0.1, -0.05) is 54.6 Å². The SMILES string of the molecule is O=C(O)c1occc1-c1ccc(-c2c(C(=O)c3ccccc3)sc3cc(O)ccc23)cc1. The Hall–Kier alpha value is -4.16. The number of carbonyl (C=O) groups is 2. The van der Waals surface area contributed by atoms with Crippen LogP contribution in [0.3, 0.4) is 0 Å². The molecule has 0 fully saturated rings. The van der Waals surface area contributed by atoms with E-state index in [1.165, 1.54) is 17.6 Å². The lowest BCUT2D eigenvalue weighted by atomic mass is 9.96. The van der Waals surface area contributed by atoms with Gasteiger partial charge in [0.05, 0.1) is 11.1 Å². The molecular formula is C26H16O5S. The van der Waals surface area contributed by atoms with Crippen molar-refractivity contribution in [3.8, 4) is 28.0 Å². The van der Waals surface area contributed by atoms with E-state index in [2.05, 4.69) is 0 Å². The van der Waals surface area contributed by atoms with Crippen LogP contribution in [0.5, 0.6) is 5.75 Å². The highest BCUT2D eigenvalue weighted by Crippen LogP contribution is 2.42. The van der Waals surface area contributed by atoms with Crippen LogP contribution in [0.4, 0.5) is 0 Å². The number of phenolic OH excluding ortho intramolecular Hbond substituents is 1. The van der Waals surface area contributed by atoms with Crippen molar-refractivity contribution in [2.75, 3.05) is 0 Å². The molecule has 0 saturated heterocycles. The molecule has 0 aliphatic heterocycles. The molecule has 0 spiro atoms. The molecule has 2 heterocycles. The predicted molar refractivity (Wildman–Crippen MR) is 123 cm³/mol. The Bertz CT molecular complexity index is 1460. The third-order valence-corrected chi connectivity index (χ3v) is 6.41. The van der Waals surface area contributed by atoms with Gasteiger partial charge in [0, 0.05) is 26.8 Å². The second-order valence-corrected chi connectivity index (χ2v) is 8.28. The van der Waals surface area contributed by atoms with Gasteiger partial charge >= 0.3 is 5.97 Å². The first-order valence-corrected chi connectivity index (χ1v) is 10.6. The Morgan fingerprint density at radius 1 is 0.844 bits per heavy atom. The number of ketones is 1. The summed E-state index contributed by atoms with van der Waals surface area (Å²) in [6, 6.07) is 23.1. The fourth-order valence-corrected chi connectivity index (χ4v) is 4.99. The molecule has 0 bridgehead atoms. The van der Waals surface area contributed by atoms with Crippen LogP contribution in [0.1, 0.15) is 25.8 Å². The van der Waals surface area contributed by atoms with Crippen LogP contribution < -0.4 is 0 Å². The van der Waals surface area contributed by atoms with Crippen molar-refractivity contribution in [2.45, 2.75) is 0 Å². The van der Waals surface area contributed by atoms with Gasteiger partial charge in [-0.15, -0.1) is 11.3 Å². The first-order valence-electron chi connectivity index (χ1n) is 9.80. The molecule has 0 unspecified atom stereocenters. The standard InChI is InChI=1S/C26H16O5S/c27-18-10-11-20-21(14-18)32-25(23(28)17-4-2-1-3-5-17)22(20)16-8-6-15(7-9-16)19-12-13-31-24(19)26(29)30/h1-14,27H,(H,29,30). The van der Waals surface area contributed by atoms with Crippen molar-refractivity contribution in [1.29, 1.82) is 0 Å². The smallest absolute Gasteiger partial charge is 0.372 e. The maximum absolute atomic E-state index is 13.3. The number of carboxylic acids is 1. The number of rotatable bonds is 5. The minimum absolute atomic E-state index is 0.0895. The summed E-state index contributed by atoms with van der Waals surface area (Å²) in [5, 5.41) is 20.1. The molecule has 156 valence electrons. The van der Waals surface area contributed by atoms with Crippen LogP contribution in [0.25, 0.3) is 32.3 Å². The van der Waals surface area contributed by atoms with Crippen LogP contribution in [-0.4, -0.2) is 22.0 Å². The molecule has 6 heteroatoms. The van der Waals surface area contributed by atoms with Crippen molar-refractivity contribution < 1.29 is 24.2 Å². The molecule has 0 aliphatic carbocycles. The highest BCUT2D eigenvalue weighted by molar-refractivity contribution is 7.21. The van der Waals surface area contributed by atoms with E-state index in [0.717, 1.165) is 21.2 Å². The molecule has 0 atom stereocenters. The number of fused-ring (bicyclic) bond motifs is 1. The second-order valence-electron chi connectivity index (χ2n) is 7.23. The van der Waals surface area contributed by atoms with Crippen LogP contribution in [0, 0.1) is 0 Å². The maximum Gasteiger partial charge on any atom is 0.372 e. The monoisotopic (exact) mass is 440 g/mol. The van der Waals surface area contributed by atoms with Crippen LogP contribution in [-0.2, 0) is 0 Å². The lowest BCUT2D eigenvalue weighted by molar-refractivity contribution is 0.0663. The van der Waals surface area contributed by atoms with E-state index in [-0.39, 0.29) is 17.3 Å². The molecular weight excluding hydrogens is 424 g/mol. The number of carbonyl (C=O) groups excluding carboxylic acids is 1. The molecule has 0 saturated carbocycles. The minimum Gasteiger partial charge on any atom is -0.508 e. The Kier molecular flexibility index (Phi) is 4.84. The summed E-state index contributed by atoms with van der Waals surface area (Å²) in [6.07, 6.45) is 1.35. The largest absolute Gasteiger partial charge is 0.508 e. The highest BCUT2D eigenvalue weighted by atomic mass is 32.1. The summed E-state index contributed by atoms with van der Waals surface area (Å²) >= 11 is 1.34. The number of hydrogen-bond acceptors (Lipinski definition) is 5.